The number of fused-ring (bicyclic) bond motifs is 7. The summed E-state index contributed by atoms with van der Waals surface area (Å²) in [6, 6.07) is 20.2. The first kappa shape index (κ1) is 32.1. The summed E-state index contributed by atoms with van der Waals surface area (Å²) < 4.78 is 1.68. The van der Waals surface area contributed by atoms with E-state index in [-0.39, 0.29) is 29.2 Å². The van der Waals surface area contributed by atoms with E-state index in [1.165, 1.54) is 4.90 Å². The number of β-lactam (4-membered cyclic amide) rings is 1. The van der Waals surface area contributed by atoms with Gasteiger partial charge in [0.15, 0.2) is 12.3 Å². The third kappa shape index (κ3) is 4.89. The topological polar surface area (TPSA) is 148 Å². The second-order valence-corrected chi connectivity index (χ2v) is 14.9. The van der Waals surface area contributed by atoms with Crippen LogP contribution in [0.2, 0.25) is 0 Å². The Kier molecular flexibility index (Phi) is 7.35. The van der Waals surface area contributed by atoms with Crippen LogP contribution >= 0.6 is 0 Å². The van der Waals surface area contributed by atoms with Gasteiger partial charge in [-0.1, -0.05) is 31.2 Å². The van der Waals surface area contributed by atoms with E-state index in [4.69, 9.17) is 0 Å². The lowest BCUT2D eigenvalue weighted by Crippen LogP contribution is -2.75. The molecule has 0 radical (unpaired) electrons. The van der Waals surface area contributed by atoms with Gasteiger partial charge in [0.1, 0.15) is 51.5 Å². The molecule has 3 aromatic rings. The fourth-order valence-electron chi connectivity index (χ4n) is 9.32. The molecular weight excluding hydrogens is 634 g/mol. The summed E-state index contributed by atoms with van der Waals surface area (Å²) in [6.45, 7) is 10.2. The number of benzene rings is 3. The standard InChI is InChI=1S/C39H37N5O6/c1-22-33(36(39(49)50)42-35(22)34(23(2)45)38(42)48)26-7-9-29-30(18-26)28-8-6-25(17-31(28)37(29)47)20-43-10-13-44(14-11-43,15-12-43)21-32(46)41-27-5-3-4-24(16-27)19-40/h3-9,16-18,22-23,34-35,45H,10-15,20-21H2,1-2H3/p+2/t22-,23+,34+,35+,43?,44?/m0/s1. The van der Waals surface area contributed by atoms with E-state index in [0.717, 1.165) is 71.5 Å². The zero-order chi connectivity index (χ0) is 35.1. The summed E-state index contributed by atoms with van der Waals surface area (Å²) >= 11 is 0. The SMILES string of the molecule is C[C@@H](O)[C@H]1C(=O)N2C(C(=O)O)=C(c3ccc4c(c3)-c3ccc(C[N+]56CC[N+](CC(=O)Nc7cccc(C#N)c7)(CC5)CC6)cc3C4=O)[C@H](C)[C@H]12. The number of aliphatic carboxylic acids is 1. The molecular formula is C39H39N5O6+2. The van der Waals surface area contributed by atoms with Crippen molar-refractivity contribution in [3.63, 3.8) is 0 Å². The molecule has 11 heteroatoms. The molecule has 4 saturated heterocycles. The third-order valence-corrected chi connectivity index (χ3v) is 12.0. The van der Waals surface area contributed by atoms with Gasteiger partial charge in [0, 0.05) is 28.3 Å². The van der Waals surface area contributed by atoms with Crippen LogP contribution in [0.4, 0.5) is 5.69 Å². The fraction of sp³-hybridized carbons (Fsp3) is 0.359. The van der Waals surface area contributed by atoms with Crippen molar-refractivity contribution in [3.05, 3.63) is 94.2 Å². The highest BCUT2D eigenvalue weighted by molar-refractivity contribution is 6.22. The van der Waals surface area contributed by atoms with Gasteiger partial charge in [-0.15, -0.1) is 0 Å². The van der Waals surface area contributed by atoms with E-state index in [1.54, 1.807) is 43.3 Å². The minimum absolute atomic E-state index is 0.0398. The molecule has 0 saturated carbocycles. The Morgan fingerprint density at radius 3 is 2.32 bits per heavy atom. The number of aliphatic hydroxyl groups is 1. The van der Waals surface area contributed by atoms with Crippen molar-refractivity contribution in [2.45, 2.75) is 32.5 Å². The molecule has 254 valence electrons. The number of nitriles is 1. The Hall–Kier alpha value is -5.15. The number of rotatable bonds is 8. The first-order valence-corrected chi connectivity index (χ1v) is 17.2. The molecule has 5 heterocycles. The predicted octanol–water partition coefficient (Wildman–Crippen LogP) is 3.22. The molecule has 1 aliphatic carbocycles. The third-order valence-electron chi connectivity index (χ3n) is 12.0. The maximum Gasteiger partial charge on any atom is 0.352 e. The highest BCUT2D eigenvalue weighted by Gasteiger charge is 2.60. The summed E-state index contributed by atoms with van der Waals surface area (Å²) in [5.41, 5.74) is 6.20. The zero-order valence-corrected chi connectivity index (χ0v) is 28.1. The lowest BCUT2D eigenvalue weighted by atomic mass is 9.76. The normalized spacial score (nSPS) is 28.0. The van der Waals surface area contributed by atoms with Crippen molar-refractivity contribution < 1.29 is 38.4 Å². The van der Waals surface area contributed by atoms with E-state index in [1.807, 2.05) is 25.1 Å². The van der Waals surface area contributed by atoms with Crippen LogP contribution in [0.25, 0.3) is 16.7 Å². The molecule has 0 unspecified atom stereocenters. The van der Waals surface area contributed by atoms with Crippen LogP contribution in [-0.4, -0.2) is 106 Å². The number of nitrogens with zero attached hydrogens (tertiary/aromatic N) is 4. The van der Waals surface area contributed by atoms with Gasteiger partial charge in [0.25, 0.3) is 5.91 Å². The maximum absolute atomic E-state index is 13.7. The van der Waals surface area contributed by atoms with Crippen LogP contribution in [0.15, 0.2) is 66.4 Å². The van der Waals surface area contributed by atoms with E-state index in [9.17, 15) is 34.7 Å². The molecule has 9 rings (SSSR count). The number of ketones is 1. The summed E-state index contributed by atoms with van der Waals surface area (Å²) in [6.07, 6.45) is -0.881. The maximum atomic E-state index is 13.7. The molecule has 50 heavy (non-hydrogen) atoms. The zero-order valence-electron chi connectivity index (χ0n) is 28.1. The van der Waals surface area contributed by atoms with Crippen LogP contribution in [0, 0.1) is 23.2 Å². The minimum Gasteiger partial charge on any atom is -0.477 e. The Morgan fingerprint density at radius 1 is 0.940 bits per heavy atom. The van der Waals surface area contributed by atoms with Gasteiger partial charge in [-0.2, -0.15) is 5.26 Å². The predicted molar refractivity (Wildman–Crippen MR) is 183 cm³/mol. The van der Waals surface area contributed by atoms with Crippen molar-refractivity contribution in [2.75, 3.05) is 51.1 Å². The fourth-order valence-corrected chi connectivity index (χ4v) is 9.32. The van der Waals surface area contributed by atoms with Gasteiger partial charge in [0.05, 0.1) is 29.7 Å². The summed E-state index contributed by atoms with van der Waals surface area (Å²) in [5.74, 6) is -2.59. The lowest BCUT2D eigenvalue weighted by Gasteiger charge is -2.55. The Bertz CT molecular complexity index is 2070. The van der Waals surface area contributed by atoms with Crippen molar-refractivity contribution in [1.82, 2.24) is 4.90 Å². The van der Waals surface area contributed by atoms with E-state index in [0.29, 0.717) is 40.1 Å². The molecule has 6 aliphatic rings. The number of hydrogen-bond donors (Lipinski definition) is 3. The number of aliphatic hydroxyl groups excluding tert-OH is 1. The van der Waals surface area contributed by atoms with Gasteiger partial charge in [-0.05, 0) is 65.6 Å². The molecule has 3 N–H and O–H groups in total. The van der Waals surface area contributed by atoms with Gasteiger partial charge in [0.2, 0.25) is 5.91 Å². The largest absolute Gasteiger partial charge is 0.477 e. The van der Waals surface area contributed by atoms with Crippen molar-refractivity contribution in [2.24, 2.45) is 11.8 Å². The Balaban J connectivity index is 0.987. The molecule has 3 aromatic carbocycles. The molecule has 11 nitrogen and oxygen atoms in total. The molecule has 2 amide bonds. The number of carbonyl (C=O) groups is 4. The summed E-state index contributed by atoms with van der Waals surface area (Å²) in [4.78, 5) is 53.3. The second kappa shape index (κ2) is 11.5. The number of quaternary nitrogens is 2. The highest BCUT2D eigenvalue weighted by atomic mass is 16.4. The van der Waals surface area contributed by atoms with E-state index in [2.05, 4.69) is 17.5 Å². The van der Waals surface area contributed by atoms with Crippen LogP contribution in [-0.2, 0) is 20.9 Å². The van der Waals surface area contributed by atoms with Gasteiger partial charge < -0.3 is 29.4 Å². The summed E-state index contributed by atoms with van der Waals surface area (Å²) in [7, 11) is 0. The molecule has 4 atom stereocenters. The Morgan fingerprint density at radius 2 is 1.64 bits per heavy atom. The highest BCUT2D eigenvalue weighted by Crippen LogP contribution is 2.51. The number of carboxylic acids is 1. The average Bonchev–Trinajstić information content (AvgIpc) is 3.52. The first-order chi connectivity index (χ1) is 23.9. The molecule has 0 spiro atoms. The van der Waals surface area contributed by atoms with Crippen molar-refractivity contribution >= 4 is 34.8 Å². The van der Waals surface area contributed by atoms with Crippen LogP contribution < -0.4 is 5.32 Å². The number of carboxylic acid groups (broad SMARTS) is 1. The van der Waals surface area contributed by atoms with Crippen LogP contribution in [0.3, 0.4) is 0 Å². The Labute approximate surface area is 289 Å². The van der Waals surface area contributed by atoms with Crippen LogP contribution in [0.5, 0.6) is 0 Å². The van der Waals surface area contributed by atoms with Gasteiger partial charge >= 0.3 is 5.97 Å². The molecule has 5 aliphatic heterocycles. The molecule has 2 bridgehead atoms. The minimum atomic E-state index is -1.18. The molecule has 0 aromatic heterocycles. The lowest BCUT2D eigenvalue weighted by molar-refractivity contribution is -1.08. The smallest absolute Gasteiger partial charge is 0.352 e. The summed E-state index contributed by atoms with van der Waals surface area (Å²) in [5, 5.41) is 32.5. The molecule has 4 fully saturated rings. The van der Waals surface area contributed by atoms with Crippen molar-refractivity contribution in [1.29, 1.82) is 5.26 Å². The number of anilines is 1. The number of amides is 2. The monoisotopic (exact) mass is 673 g/mol. The van der Waals surface area contributed by atoms with Crippen LogP contribution in [0.1, 0.15) is 46.5 Å². The number of nitrogens with one attached hydrogen (secondary N) is 1. The number of hydrogen-bond acceptors (Lipinski definition) is 6. The van der Waals surface area contributed by atoms with E-state index < -0.39 is 24.0 Å². The average molecular weight is 674 g/mol. The number of piperazine rings is 3. The number of carbonyl (C=O) groups excluding carboxylic acids is 3. The second-order valence-electron chi connectivity index (χ2n) is 14.9. The first-order valence-electron chi connectivity index (χ1n) is 17.2. The van der Waals surface area contributed by atoms with Gasteiger partial charge in [-0.3, -0.25) is 14.4 Å². The van der Waals surface area contributed by atoms with Gasteiger partial charge in [-0.25, -0.2) is 4.79 Å². The van der Waals surface area contributed by atoms with Crippen molar-refractivity contribution in [3.8, 4) is 17.2 Å². The van der Waals surface area contributed by atoms with E-state index >= 15 is 0 Å². The quantitative estimate of drug-likeness (QED) is 0.192.